The summed E-state index contributed by atoms with van der Waals surface area (Å²) >= 11 is 0. The molecule has 1 amide bonds. The van der Waals surface area contributed by atoms with Crippen LogP contribution >= 0.6 is 0 Å². The first-order valence-corrected chi connectivity index (χ1v) is 15.2. The topological polar surface area (TPSA) is 121 Å². The molecule has 1 saturated heterocycles. The van der Waals surface area contributed by atoms with Gasteiger partial charge in [0.15, 0.2) is 5.82 Å². The molecule has 0 saturated carbocycles. The van der Waals surface area contributed by atoms with E-state index in [4.69, 9.17) is 10.00 Å². The Morgan fingerprint density at radius 2 is 1.80 bits per heavy atom. The lowest BCUT2D eigenvalue weighted by molar-refractivity contribution is -0.138. The first-order chi connectivity index (χ1) is 23.2. The van der Waals surface area contributed by atoms with Crippen LogP contribution in [0.25, 0.3) is 22.5 Å². The number of alkyl halides is 6. The van der Waals surface area contributed by atoms with Gasteiger partial charge < -0.3 is 19.9 Å². The molecule has 1 fully saturated rings. The summed E-state index contributed by atoms with van der Waals surface area (Å²) < 4.78 is 91.8. The van der Waals surface area contributed by atoms with Crippen molar-refractivity contribution in [3.63, 3.8) is 0 Å². The van der Waals surface area contributed by atoms with Crippen molar-refractivity contribution in [3.8, 4) is 28.6 Å². The lowest BCUT2D eigenvalue weighted by Crippen LogP contribution is -2.57. The molecule has 4 aromatic rings. The standard InChI is InChI=1S/C33H30F6N8O2/c1-31(16-49-17-31)42-14-19-9-24-25(26(10-19)33(37,38)39)15-47(30(24)48)28-12-20(11-27(44-28)41-8-4-3-7-40)23-13-21(32(34,35)36)5-6-22(23)29-45-43-18-46(29)2/h5-6,9-13,18,42H,3-4,8,14-17H2,1-2H3,(H,41,44). The number of unbranched alkanes of at least 4 members (excludes halogenated alkanes) is 1. The van der Waals surface area contributed by atoms with Gasteiger partial charge in [-0.2, -0.15) is 31.6 Å². The maximum Gasteiger partial charge on any atom is 0.416 e. The van der Waals surface area contributed by atoms with Gasteiger partial charge in [0.2, 0.25) is 0 Å². The van der Waals surface area contributed by atoms with Gasteiger partial charge in [0.1, 0.15) is 18.0 Å². The summed E-state index contributed by atoms with van der Waals surface area (Å²) in [4.78, 5) is 19.5. The van der Waals surface area contributed by atoms with Crippen LogP contribution in [0.4, 0.5) is 38.0 Å². The highest BCUT2D eigenvalue weighted by Crippen LogP contribution is 2.42. The third-order valence-corrected chi connectivity index (χ3v) is 8.44. The average molecular weight is 685 g/mol. The van der Waals surface area contributed by atoms with Crippen molar-refractivity contribution in [3.05, 3.63) is 76.6 Å². The zero-order valence-corrected chi connectivity index (χ0v) is 26.3. The molecule has 0 unspecified atom stereocenters. The number of pyridine rings is 1. The van der Waals surface area contributed by atoms with Gasteiger partial charge in [0.05, 0.1) is 42.5 Å². The summed E-state index contributed by atoms with van der Waals surface area (Å²) in [7, 11) is 1.62. The van der Waals surface area contributed by atoms with E-state index in [0.717, 1.165) is 23.1 Å². The molecule has 0 spiro atoms. The molecule has 256 valence electrons. The third kappa shape index (κ3) is 6.94. The molecule has 0 radical (unpaired) electrons. The van der Waals surface area contributed by atoms with Gasteiger partial charge in [-0.3, -0.25) is 9.69 Å². The van der Waals surface area contributed by atoms with Crippen LogP contribution in [-0.4, -0.2) is 51.0 Å². The minimum Gasteiger partial charge on any atom is -0.377 e. The maximum atomic E-state index is 14.4. The number of hydrogen-bond acceptors (Lipinski definition) is 8. The molecule has 0 aliphatic carbocycles. The zero-order chi connectivity index (χ0) is 35.1. The van der Waals surface area contributed by atoms with Crippen LogP contribution in [0.2, 0.25) is 0 Å². The van der Waals surface area contributed by atoms with Gasteiger partial charge >= 0.3 is 12.4 Å². The number of nitrogens with one attached hydrogen (secondary N) is 2. The molecule has 49 heavy (non-hydrogen) atoms. The van der Waals surface area contributed by atoms with E-state index < -0.39 is 41.5 Å². The van der Waals surface area contributed by atoms with Crippen molar-refractivity contribution in [2.45, 2.75) is 50.7 Å². The first kappa shape index (κ1) is 33.9. The van der Waals surface area contributed by atoms with E-state index in [0.29, 0.717) is 25.2 Å². The van der Waals surface area contributed by atoms with Gasteiger partial charge in [-0.05, 0) is 78.1 Å². The predicted octanol–water partition coefficient (Wildman–Crippen LogP) is 6.34. The number of halogens is 6. The number of nitrogens with zero attached hydrogens (tertiary/aromatic N) is 6. The lowest BCUT2D eigenvalue weighted by atomic mass is 9.96. The van der Waals surface area contributed by atoms with Crippen LogP contribution < -0.4 is 15.5 Å². The molecular weight excluding hydrogens is 654 g/mol. The van der Waals surface area contributed by atoms with Crippen molar-refractivity contribution < 1.29 is 35.9 Å². The highest BCUT2D eigenvalue weighted by Gasteiger charge is 2.41. The van der Waals surface area contributed by atoms with Crippen LogP contribution in [-0.2, 0) is 37.2 Å². The molecule has 0 atom stereocenters. The van der Waals surface area contributed by atoms with Gasteiger partial charge in [-0.15, -0.1) is 10.2 Å². The number of benzene rings is 2. The smallest absolute Gasteiger partial charge is 0.377 e. The third-order valence-electron chi connectivity index (χ3n) is 8.44. The number of anilines is 2. The Morgan fingerprint density at radius 3 is 2.43 bits per heavy atom. The summed E-state index contributed by atoms with van der Waals surface area (Å²) in [5.74, 6) is -0.408. The van der Waals surface area contributed by atoms with Crippen LogP contribution in [0, 0.1) is 11.3 Å². The van der Waals surface area contributed by atoms with Crippen molar-refractivity contribution >= 4 is 17.5 Å². The summed E-state index contributed by atoms with van der Waals surface area (Å²) in [6.07, 6.45) is -7.45. The van der Waals surface area contributed by atoms with Crippen molar-refractivity contribution in [1.29, 1.82) is 5.26 Å². The van der Waals surface area contributed by atoms with Crippen molar-refractivity contribution in [1.82, 2.24) is 25.1 Å². The number of amides is 1. The number of nitriles is 1. The summed E-state index contributed by atoms with van der Waals surface area (Å²) in [6.45, 7) is 2.53. The van der Waals surface area contributed by atoms with Gasteiger partial charge in [0, 0.05) is 37.7 Å². The zero-order valence-electron chi connectivity index (χ0n) is 26.3. The first-order valence-electron chi connectivity index (χ1n) is 15.2. The minimum atomic E-state index is -4.77. The molecule has 2 aliphatic heterocycles. The van der Waals surface area contributed by atoms with E-state index >= 15 is 0 Å². The number of carbonyl (C=O) groups excluding carboxylic acids is 1. The molecule has 2 aromatic carbocycles. The van der Waals surface area contributed by atoms with Crippen molar-refractivity contribution in [2.75, 3.05) is 30.0 Å². The summed E-state index contributed by atoms with van der Waals surface area (Å²) in [6, 6.07) is 10.4. The summed E-state index contributed by atoms with van der Waals surface area (Å²) in [5, 5.41) is 23.1. The fourth-order valence-electron chi connectivity index (χ4n) is 5.80. The fourth-order valence-corrected chi connectivity index (χ4v) is 5.80. The molecule has 6 rings (SSSR count). The fraction of sp³-hybridized carbons (Fsp3) is 0.364. The number of rotatable bonds is 10. The summed E-state index contributed by atoms with van der Waals surface area (Å²) in [5.41, 5.74) is -1.85. The lowest BCUT2D eigenvalue weighted by Gasteiger charge is -2.39. The van der Waals surface area contributed by atoms with E-state index in [1.165, 1.54) is 35.2 Å². The van der Waals surface area contributed by atoms with Gasteiger partial charge in [-0.25, -0.2) is 4.98 Å². The molecular formula is C33H30F6N8O2. The number of aryl methyl sites for hydroxylation is 1. The molecule has 4 heterocycles. The maximum absolute atomic E-state index is 14.4. The average Bonchev–Trinajstić information content (AvgIpc) is 3.61. The minimum absolute atomic E-state index is 0.0639. The Hall–Kier alpha value is -5.01. The Bertz CT molecular complexity index is 1940. The van der Waals surface area contributed by atoms with E-state index in [1.54, 1.807) is 7.05 Å². The number of ether oxygens (including phenoxy) is 1. The SMILES string of the molecule is Cn1cnnc1-c1ccc(C(F)(F)F)cc1-c1cc(NCCCC#N)nc(N2Cc3c(cc(CNC4(C)COC4)cc3C(F)(F)F)C2=O)c1. The second-order valence-corrected chi connectivity index (χ2v) is 12.3. The number of hydrogen-bond donors (Lipinski definition) is 2. The largest absolute Gasteiger partial charge is 0.416 e. The highest BCUT2D eigenvalue weighted by molar-refractivity contribution is 6.10. The van der Waals surface area contributed by atoms with Crippen LogP contribution in [0.5, 0.6) is 0 Å². The number of aromatic nitrogens is 4. The number of carbonyl (C=O) groups is 1. The molecule has 2 N–H and O–H groups in total. The second-order valence-electron chi connectivity index (χ2n) is 12.3. The van der Waals surface area contributed by atoms with E-state index in [-0.39, 0.29) is 64.8 Å². The molecule has 2 aliphatic rings. The van der Waals surface area contributed by atoms with Crippen LogP contribution in [0.15, 0.2) is 48.8 Å². The van der Waals surface area contributed by atoms with Gasteiger partial charge in [0.25, 0.3) is 5.91 Å². The number of fused-ring (bicyclic) bond motifs is 1. The second kappa shape index (κ2) is 12.8. The van der Waals surface area contributed by atoms with Crippen molar-refractivity contribution in [2.24, 2.45) is 7.05 Å². The molecule has 10 nitrogen and oxygen atoms in total. The van der Waals surface area contributed by atoms with Gasteiger partial charge in [-0.1, -0.05) is 0 Å². The normalized spacial score (nSPS) is 15.6. The monoisotopic (exact) mass is 684 g/mol. The quantitative estimate of drug-likeness (QED) is 0.147. The predicted molar refractivity (Wildman–Crippen MR) is 166 cm³/mol. The Labute approximate surface area is 276 Å². The highest BCUT2D eigenvalue weighted by atomic mass is 19.4. The Morgan fingerprint density at radius 1 is 1.02 bits per heavy atom. The van der Waals surface area contributed by atoms with E-state index in [1.807, 2.05) is 13.0 Å². The van der Waals surface area contributed by atoms with Crippen LogP contribution in [0.1, 0.15) is 52.4 Å². The van der Waals surface area contributed by atoms with E-state index in [2.05, 4.69) is 25.8 Å². The molecule has 16 heteroatoms. The molecule has 2 aromatic heterocycles. The molecule has 0 bridgehead atoms. The Balaban J connectivity index is 1.45. The van der Waals surface area contributed by atoms with E-state index in [9.17, 15) is 31.1 Å². The van der Waals surface area contributed by atoms with Crippen LogP contribution in [0.3, 0.4) is 0 Å². The Kier molecular flexibility index (Phi) is 8.84.